The molecule has 180 valence electrons. The fraction of sp³-hybridized carbons (Fsp3) is 0.333. The summed E-state index contributed by atoms with van der Waals surface area (Å²) in [5, 5.41) is 0. The molecule has 34 heavy (non-hydrogen) atoms. The van der Waals surface area contributed by atoms with Crippen LogP contribution in [0.15, 0.2) is 24.3 Å². The maximum absolute atomic E-state index is 15.2. The summed E-state index contributed by atoms with van der Waals surface area (Å²) in [6.07, 6.45) is -1.22. The van der Waals surface area contributed by atoms with Gasteiger partial charge in [-0.15, -0.1) is 0 Å². The number of anilines is 2. The van der Waals surface area contributed by atoms with Gasteiger partial charge in [0.2, 0.25) is 5.82 Å². The second-order valence-corrected chi connectivity index (χ2v) is 9.24. The van der Waals surface area contributed by atoms with E-state index in [2.05, 4.69) is 0 Å². The van der Waals surface area contributed by atoms with Gasteiger partial charge in [-0.25, -0.2) is 22.0 Å². The van der Waals surface area contributed by atoms with Crippen LogP contribution in [0.1, 0.15) is 45.1 Å². The zero-order valence-corrected chi connectivity index (χ0v) is 20.1. The highest BCUT2D eigenvalue weighted by molar-refractivity contribution is 5.69. The number of halogens is 5. The molecule has 0 bridgehead atoms. The standard InChI is InChI=1S/C27H27F5N2/c1-13-9-15(3)25(16(4)10-13)33-7-8-34(26-17(5)11-14(2)12-18(26)6)27(33)19-20(28)22(30)24(32)23(31)21(19)29/h9-12,27H,7-8H2,1-6H3. The van der Waals surface area contributed by atoms with Crippen LogP contribution in [0.5, 0.6) is 0 Å². The fourth-order valence-electron chi connectivity index (χ4n) is 5.51. The molecule has 0 atom stereocenters. The van der Waals surface area contributed by atoms with Crippen molar-refractivity contribution in [2.24, 2.45) is 0 Å². The number of hydrogen-bond acceptors (Lipinski definition) is 2. The number of aryl methyl sites for hydroxylation is 6. The van der Waals surface area contributed by atoms with Crippen LogP contribution in [0.3, 0.4) is 0 Å². The van der Waals surface area contributed by atoms with E-state index >= 15 is 8.78 Å². The molecule has 2 nitrogen and oxygen atoms in total. The molecule has 0 N–H and O–H groups in total. The molecule has 0 aromatic heterocycles. The van der Waals surface area contributed by atoms with Gasteiger partial charge in [0.25, 0.3) is 0 Å². The molecule has 0 aliphatic carbocycles. The largest absolute Gasteiger partial charge is 0.345 e. The van der Waals surface area contributed by atoms with Crippen LogP contribution < -0.4 is 9.80 Å². The molecule has 7 heteroatoms. The molecule has 0 unspecified atom stereocenters. The van der Waals surface area contributed by atoms with Crippen molar-refractivity contribution in [3.8, 4) is 0 Å². The van der Waals surface area contributed by atoms with Gasteiger partial charge in [0.1, 0.15) is 6.17 Å². The zero-order valence-electron chi connectivity index (χ0n) is 20.1. The lowest BCUT2D eigenvalue weighted by Crippen LogP contribution is -2.35. The first kappa shape index (κ1) is 24.0. The highest BCUT2D eigenvalue weighted by Gasteiger charge is 2.42. The lowest BCUT2D eigenvalue weighted by Gasteiger charge is -2.36. The van der Waals surface area contributed by atoms with Crippen molar-refractivity contribution < 1.29 is 22.0 Å². The van der Waals surface area contributed by atoms with Gasteiger partial charge in [0, 0.05) is 24.5 Å². The van der Waals surface area contributed by atoms with E-state index in [1.54, 1.807) is 9.80 Å². The predicted octanol–water partition coefficient (Wildman–Crippen LogP) is 7.26. The summed E-state index contributed by atoms with van der Waals surface area (Å²) in [6, 6.07) is 7.79. The Morgan fingerprint density at radius 2 is 0.824 bits per heavy atom. The van der Waals surface area contributed by atoms with Crippen LogP contribution in [0.25, 0.3) is 0 Å². The first-order valence-electron chi connectivity index (χ1n) is 11.1. The topological polar surface area (TPSA) is 6.48 Å². The molecule has 1 saturated heterocycles. The minimum Gasteiger partial charge on any atom is -0.345 e. The van der Waals surface area contributed by atoms with Crippen LogP contribution >= 0.6 is 0 Å². The Bertz CT molecular complexity index is 1160. The minimum absolute atomic E-state index is 0.349. The predicted molar refractivity (Wildman–Crippen MR) is 125 cm³/mol. The molecule has 1 aliphatic rings. The highest BCUT2D eigenvalue weighted by atomic mass is 19.2. The van der Waals surface area contributed by atoms with Crippen LogP contribution in [-0.4, -0.2) is 13.1 Å². The van der Waals surface area contributed by atoms with Crippen LogP contribution in [0, 0.1) is 70.6 Å². The van der Waals surface area contributed by atoms with E-state index in [9.17, 15) is 13.2 Å². The van der Waals surface area contributed by atoms with Crippen LogP contribution in [-0.2, 0) is 0 Å². The average molecular weight is 475 g/mol. The van der Waals surface area contributed by atoms with Gasteiger partial charge < -0.3 is 9.80 Å². The molecule has 4 rings (SSSR count). The molecule has 1 heterocycles. The number of rotatable bonds is 3. The molecule has 0 radical (unpaired) electrons. The highest BCUT2D eigenvalue weighted by Crippen LogP contribution is 2.45. The molecule has 1 aliphatic heterocycles. The van der Waals surface area contributed by atoms with Gasteiger partial charge in [-0.05, 0) is 63.8 Å². The summed E-state index contributed by atoms with van der Waals surface area (Å²) in [5.41, 5.74) is 6.12. The van der Waals surface area contributed by atoms with Crippen molar-refractivity contribution in [2.75, 3.05) is 22.9 Å². The summed E-state index contributed by atoms with van der Waals surface area (Å²) in [7, 11) is 0. The summed E-state index contributed by atoms with van der Waals surface area (Å²) in [6.45, 7) is 12.1. The van der Waals surface area contributed by atoms with Gasteiger partial charge in [0.05, 0.1) is 5.56 Å². The molecule has 0 spiro atoms. The van der Waals surface area contributed by atoms with E-state index in [0.29, 0.717) is 13.1 Å². The first-order valence-corrected chi connectivity index (χ1v) is 11.1. The monoisotopic (exact) mass is 474 g/mol. The van der Waals surface area contributed by atoms with Crippen molar-refractivity contribution >= 4 is 11.4 Å². The van der Waals surface area contributed by atoms with E-state index in [1.165, 1.54) is 0 Å². The average Bonchev–Trinajstić information content (AvgIpc) is 3.13. The van der Waals surface area contributed by atoms with E-state index in [1.807, 2.05) is 65.8 Å². The molecule has 3 aromatic carbocycles. The van der Waals surface area contributed by atoms with Gasteiger partial charge in [-0.1, -0.05) is 35.4 Å². The summed E-state index contributed by atoms with van der Waals surface area (Å²) in [5.74, 6) is -9.63. The fourth-order valence-corrected chi connectivity index (χ4v) is 5.51. The molecular formula is C27H27F5N2. The van der Waals surface area contributed by atoms with E-state index in [0.717, 1.165) is 44.8 Å². The Hall–Kier alpha value is -3.09. The third-order valence-corrected chi connectivity index (χ3v) is 6.52. The Labute approximate surface area is 196 Å². The van der Waals surface area contributed by atoms with Gasteiger partial charge in [-0.3, -0.25) is 0 Å². The molecule has 3 aromatic rings. The second-order valence-electron chi connectivity index (χ2n) is 9.24. The Kier molecular flexibility index (Phi) is 6.08. The van der Waals surface area contributed by atoms with E-state index < -0.39 is 40.8 Å². The van der Waals surface area contributed by atoms with Crippen molar-refractivity contribution in [1.82, 2.24) is 0 Å². The number of nitrogens with zero attached hydrogens (tertiary/aromatic N) is 2. The molecule has 0 saturated carbocycles. The second kappa shape index (κ2) is 8.60. The maximum atomic E-state index is 15.2. The first-order chi connectivity index (χ1) is 15.9. The normalized spacial score (nSPS) is 14.4. The lowest BCUT2D eigenvalue weighted by molar-refractivity contribution is 0.364. The smallest absolute Gasteiger partial charge is 0.200 e. The van der Waals surface area contributed by atoms with Gasteiger partial charge >= 0.3 is 0 Å². The van der Waals surface area contributed by atoms with Crippen molar-refractivity contribution in [3.63, 3.8) is 0 Å². The van der Waals surface area contributed by atoms with Crippen molar-refractivity contribution in [3.05, 3.63) is 92.3 Å². The quantitative estimate of drug-likeness (QED) is 0.224. The van der Waals surface area contributed by atoms with E-state index in [-0.39, 0.29) is 0 Å². The van der Waals surface area contributed by atoms with Gasteiger partial charge in [-0.2, -0.15) is 0 Å². The van der Waals surface area contributed by atoms with Crippen molar-refractivity contribution in [1.29, 1.82) is 0 Å². The third-order valence-electron chi connectivity index (χ3n) is 6.52. The van der Waals surface area contributed by atoms with Crippen LogP contribution in [0.4, 0.5) is 33.3 Å². The molecular weight excluding hydrogens is 447 g/mol. The Morgan fingerprint density at radius 1 is 0.529 bits per heavy atom. The lowest BCUT2D eigenvalue weighted by atomic mass is 10.0. The minimum atomic E-state index is -2.15. The number of benzene rings is 3. The number of hydrogen-bond donors (Lipinski definition) is 0. The molecule has 0 amide bonds. The van der Waals surface area contributed by atoms with Crippen LogP contribution in [0.2, 0.25) is 0 Å². The molecule has 1 fully saturated rings. The summed E-state index contributed by atoms with van der Waals surface area (Å²) >= 11 is 0. The Morgan fingerprint density at radius 3 is 1.15 bits per heavy atom. The summed E-state index contributed by atoms with van der Waals surface area (Å²) < 4.78 is 73.0. The SMILES string of the molecule is Cc1cc(C)c(N2CCN(c3c(C)cc(C)cc3C)C2c2c(F)c(F)c(F)c(F)c2F)c(C)c1. The van der Waals surface area contributed by atoms with E-state index in [4.69, 9.17) is 0 Å². The Balaban J connectivity index is 2.03. The zero-order chi connectivity index (χ0) is 25.1. The van der Waals surface area contributed by atoms with Gasteiger partial charge in [0.15, 0.2) is 23.3 Å². The summed E-state index contributed by atoms with van der Waals surface area (Å²) in [4.78, 5) is 3.50. The van der Waals surface area contributed by atoms with Crippen molar-refractivity contribution in [2.45, 2.75) is 47.7 Å². The third kappa shape index (κ3) is 3.71. The maximum Gasteiger partial charge on any atom is 0.200 e.